The summed E-state index contributed by atoms with van der Waals surface area (Å²) in [5, 5.41) is 0. The van der Waals surface area contributed by atoms with E-state index in [-0.39, 0.29) is 5.97 Å². The minimum Gasteiger partial charge on any atom is -0.465 e. The molecule has 2 nitrogen and oxygen atoms in total. The predicted octanol–water partition coefficient (Wildman–Crippen LogP) is 2.35. The van der Waals surface area contributed by atoms with Gasteiger partial charge < -0.3 is 4.74 Å². The topological polar surface area (TPSA) is 26.3 Å². The van der Waals surface area contributed by atoms with E-state index in [1.807, 2.05) is 24.3 Å². The summed E-state index contributed by atoms with van der Waals surface area (Å²) in [5.74, 6) is 0.344. The van der Waals surface area contributed by atoms with Crippen molar-refractivity contribution in [2.75, 3.05) is 12.4 Å². The summed E-state index contributed by atoms with van der Waals surface area (Å²) in [6, 6.07) is 7.65. The third kappa shape index (κ3) is 4.21. The van der Waals surface area contributed by atoms with E-state index in [4.69, 9.17) is 4.74 Å². The van der Waals surface area contributed by atoms with Crippen molar-refractivity contribution in [1.82, 2.24) is 0 Å². The maximum Gasteiger partial charge on any atom is 0.310 e. The lowest BCUT2D eigenvalue weighted by molar-refractivity contribution is -0.142. The summed E-state index contributed by atoms with van der Waals surface area (Å²) < 4.78 is 4.92. The number of benzene rings is 1. The highest BCUT2D eigenvalue weighted by molar-refractivity contribution is 7.80. The minimum atomic E-state index is -0.213. The van der Waals surface area contributed by atoms with Crippen LogP contribution in [0.25, 0.3) is 6.08 Å². The fourth-order valence-electron chi connectivity index (χ4n) is 1.15. The summed E-state index contributed by atoms with van der Waals surface area (Å²) in [4.78, 5) is 11.2. The van der Waals surface area contributed by atoms with Gasteiger partial charge in [0.1, 0.15) is 6.61 Å². The molecule has 0 aliphatic heterocycles. The molecule has 0 amide bonds. The Labute approximate surface area is 95.4 Å². The minimum absolute atomic E-state index is 0.213. The molecule has 0 bridgehead atoms. The van der Waals surface area contributed by atoms with Gasteiger partial charge in [0.2, 0.25) is 0 Å². The smallest absolute Gasteiger partial charge is 0.310 e. The van der Waals surface area contributed by atoms with Crippen molar-refractivity contribution in [2.24, 2.45) is 0 Å². The molecule has 0 unspecified atom stereocenters. The van der Waals surface area contributed by atoms with Gasteiger partial charge in [-0.1, -0.05) is 36.9 Å². The highest BCUT2D eigenvalue weighted by Gasteiger charge is 2.03. The average Bonchev–Trinajstić information content (AvgIpc) is 2.27. The number of ether oxygens (including phenoxy) is 1. The Balaban J connectivity index is 2.49. The molecule has 0 spiro atoms. The van der Waals surface area contributed by atoms with Crippen LogP contribution in [0.15, 0.2) is 30.8 Å². The van der Waals surface area contributed by atoms with Gasteiger partial charge in [-0.3, -0.25) is 4.79 Å². The van der Waals surface area contributed by atoms with Gasteiger partial charge in [0.25, 0.3) is 0 Å². The summed E-state index contributed by atoms with van der Waals surface area (Å²) in [6.45, 7) is 4.03. The van der Waals surface area contributed by atoms with Gasteiger partial charge in [-0.2, -0.15) is 12.6 Å². The van der Waals surface area contributed by atoms with Gasteiger partial charge >= 0.3 is 5.97 Å². The number of rotatable bonds is 5. The van der Waals surface area contributed by atoms with Crippen LogP contribution in [-0.4, -0.2) is 18.3 Å². The number of hydrogen-bond acceptors (Lipinski definition) is 3. The van der Waals surface area contributed by atoms with Crippen molar-refractivity contribution in [3.8, 4) is 0 Å². The molecule has 0 atom stereocenters. The van der Waals surface area contributed by atoms with E-state index in [0.717, 1.165) is 11.1 Å². The van der Waals surface area contributed by atoms with E-state index in [1.165, 1.54) is 0 Å². The first kappa shape index (κ1) is 11.9. The van der Waals surface area contributed by atoms with Crippen molar-refractivity contribution < 1.29 is 9.53 Å². The van der Waals surface area contributed by atoms with E-state index >= 15 is 0 Å². The molecule has 0 radical (unpaired) electrons. The Morgan fingerprint density at radius 2 is 2.07 bits per heavy atom. The molecule has 1 aromatic rings. The van der Waals surface area contributed by atoms with Crippen molar-refractivity contribution in [1.29, 1.82) is 0 Å². The average molecular weight is 222 g/mol. The number of carbonyl (C=O) groups excluding carboxylic acids is 1. The van der Waals surface area contributed by atoms with Gasteiger partial charge in [-0.15, -0.1) is 0 Å². The third-order valence-electron chi connectivity index (χ3n) is 1.92. The number of thiol groups is 1. The van der Waals surface area contributed by atoms with Gasteiger partial charge in [0.15, 0.2) is 0 Å². The van der Waals surface area contributed by atoms with Gasteiger partial charge in [0, 0.05) is 5.75 Å². The number of hydrogen-bond donors (Lipinski definition) is 1. The largest absolute Gasteiger partial charge is 0.465 e. The van der Waals surface area contributed by atoms with Crippen LogP contribution in [0, 0.1) is 0 Å². The summed E-state index contributed by atoms with van der Waals surface area (Å²) in [7, 11) is 0. The molecule has 1 rings (SSSR count). The first-order valence-electron chi connectivity index (χ1n) is 4.74. The van der Waals surface area contributed by atoms with E-state index < -0.39 is 0 Å². The molecule has 3 heteroatoms. The second kappa shape index (κ2) is 6.30. The van der Waals surface area contributed by atoms with Crippen molar-refractivity contribution in [2.45, 2.75) is 6.42 Å². The summed E-state index contributed by atoms with van der Waals surface area (Å²) in [5.41, 5.74) is 1.99. The summed E-state index contributed by atoms with van der Waals surface area (Å²) in [6.07, 6.45) is 2.08. The monoisotopic (exact) mass is 222 g/mol. The molecular formula is C12H14O2S. The normalized spacial score (nSPS) is 9.67. The zero-order valence-corrected chi connectivity index (χ0v) is 9.37. The van der Waals surface area contributed by atoms with Crippen LogP contribution in [0.1, 0.15) is 11.1 Å². The Bertz CT molecular complexity index is 330. The summed E-state index contributed by atoms with van der Waals surface area (Å²) >= 11 is 3.96. The van der Waals surface area contributed by atoms with Gasteiger partial charge in [-0.05, 0) is 11.1 Å². The Kier molecular flexibility index (Phi) is 4.98. The highest BCUT2D eigenvalue weighted by Crippen LogP contribution is 2.06. The van der Waals surface area contributed by atoms with Gasteiger partial charge in [-0.25, -0.2) is 0 Å². The molecule has 0 N–H and O–H groups in total. The van der Waals surface area contributed by atoms with Crippen molar-refractivity contribution >= 4 is 24.7 Å². The Morgan fingerprint density at radius 1 is 1.40 bits per heavy atom. The fourth-order valence-corrected chi connectivity index (χ4v) is 1.24. The highest BCUT2D eigenvalue weighted by atomic mass is 32.1. The molecule has 0 aromatic heterocycles. The fraction of sp³-hybridized carbons (Fsp3) is 0.250. The third-order valence-corrected chi connectivity index (χ3v) is 2.10. The van der Waals surface area contributed by atoms with E-state index in [1.54, 1.807) is 6.08 Å². The molecule has 15 heavy (non-hydrogen) atoms. The zero-order chi connectivity index (χ0) is 11.1. The zero-order valence-electron chi connectivity index (χ0n) is 8.48. The maximum atomic E-state index is 11.2. The Morgan fingerprint density at radius 3 is 2.60 bits per heavy atom. The molecule has 0 heterocycles. The lowest BCUT2D eigenvalue weighted by atomic mass is 10.1. The molecule has 0 aliphatic carbocycles. The molecule has 1 aromatic carbocycles. The van der Waals surface area contributed by atoms with Gasteiger partial charge in [0.05, 0.1) is 6.42 Å². The second-order valence-electron chi connectivity index (χ2n) is 3.07. The van der Waals surface area contributed by atoms with Crippen LogP contribution in [-0.2, 0) is 16.0 Å². The van der Waals surface area contributed by atoms with E-state index in [0.29, 0.717) is 18.8 Å². The first-order chi connectivity index (χ1) is 7.26. The molecular weight excluding hydrogens is 208 g/mol. The molecule has 0 fully saturated rings. The molecule has 80 valence electrons. The molecule has 0 saturated carbocycles. The Hall–Kier alpha value is -1.22. The van der Waals surface area contributed by atoms with Crippen LogP contribution in [0.3, 0.4) is 0 Å². The quantitative estimate of drug-likeness (QED) is 0.611. The lowest BCUT2D eigenvalue weighted by Crippen LogP contribution is -2.09. The number of esters is 1. The predicted molar refractivity (Wildman–Crippen MR) is 65.0 cm³/mol. The van der Waals surface area contributed by atoms with Crippen molar-refractivity contribution in [3.63, 3.8) is 0 Å². The van der Waals surface area contributed by atoms with Crippen LogP contribution in [0.4, 0.5) is 0 Å². The van der Waals surface area contributed by atoms with Crippen LogP contribution in [0.2, 0.25) is 0 Å². The SMILES string of the molecule is C=Cc1ccc(CC(=O)OCCS)cc1. The molecule has 0 saturated heterocycles. The lowest BCUT2D eigenvalue weighted by Gasteiger charge is -2.03. The number of carbonyl (C=O) groups is 1. The second-order valence-corrected chi connectivity index (χ2v) is 3.51. The standard InChI is InChI=1S/C12H14O2S/c1-2-10-3-5-11(6-4-10)9-12(13)14-7-8-15/h2-6,15H,1,7-9H2. The van der Waals surface area contributed by atoms with Crippen LogP contribution in [0.5, 0.6) is 0 Å². The maximum absolute atomic E-state index is 11.2. The first-order valence-corrected chi connectivity index (χ1v) is 5.37. The van der Waals surface area contributed by atoms with Crippen molar-refractivity contribution in [3.05, 3.63) is 42.0 Å². The van der Waals surface area contributed by atoms with E-state index in [2.05, 4.69) is 19.2 Å². The van der Waals surface area contributed by atoms with Crippen LogP contribution < -0.4 is 0 Å². The van der Waals surface area contributed by atoms with E-state index in [9.17, 15) is 4.79 Å². The van der Waals surface area contributed by atoms with Crippen LogP contribution >= 0.6 is 12.6 Å². The molecule has 0 aliphatic rings.